The van der Waals surface area contributed by atoms with Crippen molar-refractivity contribution in [3.8, 4) is 0 Å². The average molecular weight is 297 g/mol. The van der Waals surface area contributed by atoms with E-state index in [2.05, 4.69) is 0 Å². The molecule has 0 saturated heterocycles. The van der Waals surface area contributed by atoms with Gasteiger partial charge in [0.2, 0.25) is 0 Å². The summed E-state index contributed by atoms with van der Waals surface area (Å²) in [6.45, 7) is 1.83. The van der Waals surface area contributed by atoms with E-state index in [-0.39, 0.29) is 17.2 Å². The summed E-state index contributed by atoms with van der Waals surface area (Å²) in [5.41, 5.74) is 1.85. The van der Waals surface area contributed by atoms with Crippen LogP contribution in [0.3, 0.4) is 0 Å². The quantitative estimate of drug-likeness (QED) is 0.739. The molecule has 19 heavy (non-hydrogen) atoms. The monoisotopic (exact) mass is 296 g/mol. The Kier molecular flexibility index (Phi) is 4.23. The molecule has 0 aliphatic carbocycles. The second-order valence-corrected chi connectivity index (χ2v) is 5.09. The van der Waals surface area contributed by atoms with Gasteiger partial charge in [0.05, 0.1) is 5.02 Å². The van der Waals surface area contributed by atoms with E-state index in [9.17, 15) is 9.18 Å². The predicted molar refractivity (Wildman–Crippen MR) is 75.6 cm³/mol. The zero-order valence-corrected chi connectivity index (χ0v) is 11.7. The first kappa shape index (κ1) is 14.0. The molecule has 2 aromatic carbocycles. The van der Waals surface area contributed by atoms with E-state index >= 15 is 0 Å². The summed E-state index contributed by atoms with van der Waals surface area (Å²) in [4.78, 5) is 12.2. The lowest BCUT2D eigenvalue weighted by molar-refractivity contribution is 0.0992. The molecule has 0 fully saturated rings. The lowest BCUT2D eigenvalue weighted by Crippen LogP contribution is -2.06. The second-order valence-electron chi connectivity index (χ2n) is 4.27. The molecule has 0 unspecified atom stereocenters. The Bertz CT molecular complexity index is 638. The smallest absolute Gasteiger partial charge is 0.167 e. The molecule has 0 N–H and O–H groups in total. The Balaban J connectivity index is 2.31. The molecule has 0 radical (unpaired) electrons. The third-order valence-corrected chi connectivity index (χ3v) is 3.54. The van der Waals surface area contributed by atoms with E-state index in [0.29, 0.717) is 16.1 Å². The SMILES string of the molecule is Cc1ccc(Cl)cc1C(=O)Cc1cccc(F)c1Cl. The summed E-state index contributed by atoms with van der Waals surface area (Å²) in [5.74, 6) is -0.651. The van der Waals surface area contributed by atoms with Crippen LogP contribution in [0, 0.1) is 12.7 Å². The number of benzene rings is 2. The largest absolute Gasteiger partial charge is 0.294 e. The molecule has 0 aliphatic heterocycles. The van der Waals surface area contributed by atoms with Gasteiger partial charge >= 0.3 is 0 Å². The molecular weight excluding hydrogens is 286 g/mol. The third kappa shape index (κ3) is 3.14. The molecule has 0 spiro atoms. The van der Waals surface area contributed by atoms with E-state index in [1.807, 2.05) is 6.92 Å². The highest BCUT2D eigenvalue weighted by molar-refractivity contribution is 6.32. The molecule has 2 rings (SSSR count). The van der Waals surface area contributed by atoms with Crippen LogP contribution in [0.2, 0.25) is 10.0 Å². The van der Waals surface area contributed by atoms with Crippen molar-refractivity contribution in [3.05, 3.63) is 69.0 Å². The van der Waals surface area contributed by atoms with Gasteiger partial charge < -0.3 is 0 Å². The Morgan fingerprint density at radius 2 is 1.95 bits per heavy atom. The number of halogens is 3. The molecule has 4 heteroatoms. The van der Waals surface area contributed by atoms with Crippen LogP contribution in [0.25, 0.3) is 0 Å². The van der Waals surface area contributed by atoms with Crippen LogP contribution in [0.1, 0.15) is 21.5 Å². The number of hydrogen-bond donors (Lipinski definition) is 0. The Morgan fingerprint density at radius 3 is 2.68 bits per heavy atom. The number of rotatable bonds is 3. The fourth-order valence-corrected chi connectivity index (χ4v) is 2.21. The van der Waals surface area contributed by atoms with E-state index in [1.165, 1.54) is 12.1 Å². The van der Waals surface area contributed by atoms with Crippen molar-refractivity contribution in [2.45, 2.75) is 13.3 Å². The van der Waals surface area contributed by atoms with Crippen molar-refractivity contribution in [2.24, 2.45) is 0 Å². The van der Waals surface area contributed by atoms with Crippen LogP contribution < -0.4 is 0 Å². The predicted octanol–water partition coefficient (Wildman–Crippen LogP) is 4.87. The second kappa shape index (κ2) is 5.72. The fourth-order valence-electron chi connectivity index (χ4n) is 1.85. The summed E-state index contributed by atoms with van der Waals surface area (Å²) in [6.07, 6.45) is 0.0533. The van der Waals surface area contributed by atoms with Crippen molar-refractivity contribution in [2.75, 3.05) is 0 Å². The number of hydrogen-bond acceptors (Lipinski definition) is 1. The van der Waals surface area contributed by atoms with Crippen LogP contribution >= 0.6 is 23.2 Å². The van der Waals surface area contributed by atoms with Crippen LogP contribution in [0.5, 0.6) is 0 Å². The highest BCUT2D eigenvalue weighted by atomic mass is 35.5. The number of aryl methyl sites for hydroxylation is 1. The summed E-state index contributed by atoms with van der Waals surface area (Å²) in [6, 6.07) is 9.57. The molecule has 0 heterocycles. The summed E-state index contributed by atoms with van der Waals surface area (Å²) < 4.78 is 13.3. The minimum atomic E-state index is -0.519. The zero-order valence-electron chi connectivity index (χ0n) is 10.2. The lowest BCUT2D eigenvalue weighted by atomic mass is 9.99. The molecule has 0 saturated carbocycles. The number of ketones is 1. The minimum Gasteiger partial charge on any atom is -0.294 e. The van der Waals surface area contributed by atoms with Crippen molar-refractivity contribution >= 4 is 29.0 Å². The first-order valence-electron chi connectivity index (χ1n) is 5.71. The molecule has 2 aromatic rings. The van der Waals surface area contributed by atoms with Gasteiger partial charge in [-0.1, -0.05) is 41.4 Å². The summed E-state index contributed by atoms with van der Waals surface area (Å²) >= 11 is 11.7. The number of carbonyl (C=O) groups excluding carboxylic acids is 1. The maximum Gasteiger partial charge on any atom is 0.167 e. The lowest BCUT2D eigenvalue weighted by Gasteiger charge is -2.07. The number of carbonyl (C=O) groups is 1. The highest BCUT2D eigenvalue weighted by Crippen LogP contribution is 2.23. The van der Waals surface area contributed by atoms with Gasteiger partial charge in [-0.15, -0.1) is 0 Å². The van der Waals surface area contributed by atoms with E-state index in [4.69, 9.17) is 23.2 Å². The van der Waals surface area contributed by atoms with E-state index in [1.54, 1.807) is 24.3 Å². The molecule has 98 valence electrons. The van der Waals surface area contributed by atoms with Crippen LogP contribution in [0.15, 0.2) is 36.4 Å². The molecular formula is C15H11Cl2FO. The molecule has 0 atom stereocenters. The van der Waals surface area contributed by atoms with Gasteiger partial charge in [-0.05, 0) is 36.2 Å². The van der Waals surface area contributed by atoms with Gasteiger partial charge in [0, 0.05) is 17.0 Å². The summed E-state index contributed by atoms with van der Waals surface area (Å²) in [7, 11) is 0. The topological polar surface area (TPSA) is 17.1 Å². The first-order valence-corrected chi connectivity index (χ1v) is 6.47. The molecule has 0 amide bonds. The third-order valence-electron chi connectivity index (χ3n) is 2.88. The fraction of sp³-hybridized carbons (Fsp3) is 0.133. The van der Waals surface area contributed by atoms with Crippen molar-refractivity contribution in [1.82, 2.24) is 0 Å². The normalized spacial score (nSPS) is 10.5. The molecule has 1 nitrogen and oxygen atoms in total. The minimum absolute atomic E-state index is 0.00414. The number of Topliss-reactive ketones (excluding diaryl/α,β-unsaturated/α-hetero) is 1. The standard InChI is InChI=1S/C15H11Cl2FO/c1-9-5-6-11(16)8-12(9)14(19)7-10-3-2-4-13(18)15(10)17/h2-6,8H,7H2,1H3. The van der Waals surface area contributed by atoms with Gasteiger partial charge in [-0.25, -0.2) is 4.39 Å². The molecule has 0 aliphatic rings. The van der Waals surface area contributed by atoms with Gasteiger partial charge in [-0.3, -0.25) is 4.79 Å². The molecule has 0 bridgehead atoms. The van der Waals surface area contributed by atoms with Crippen molar-refractivity contribution in [1.29, 1.82) is 0 Å². The van der Waals surface area contributed by atoms with Gasteiger partial charge in [0.15, 0.2) is 5.78 Å². The van der Waals surface area contributed by atoms with Crippen LogP contribution in [0.4, 0.5) is 4.39 Å². The molecule has 0 aromatic heterocycles. The van der Waals surface area contributed by atoms with E-state index in [0.717, 1.165) is 5.56 Å². The van der Waals surface area contributed by atoms with Crippen molar-refractivity contribution < 1.29 is 9.18 Å². The Labute approximate surface area is 121 Å². The van der Waals surface area contributed by atoms with Gasteiger partial charge in [0.25, 0.3) is 0 Å². The zero-order chi connectivity index (χ0) is 14.0. The van der Waals surface area contributed by atoms with Gasteiger partial charge in [-0.2, -0.15) is 0 Å². The van der Waals surface area contributed by atoms with E-state index < -0.39 is 5.82 Å². The average Bonchev–Trinajstić information content (AvgIpc) is 2.38. The maximum absolute atomic E-state index is 13.3. The van der Waals surface area contributed by atoms with Crippen molar-refractivity contribution in [3.63, 3.8) is 0 Å². The highest BCUT2D eigenvalue weighted by Gasteiger charge is 2.14. The van der Waals surface area contributed by atoms with Crippen LogP contribution in [-0.2, 0) is 6.42 Å². The Hall–Kier alpha value is -1.38. The Morgan fingerprint density at radius 1 is 1.21 bits per heavy atom. The summed E-state index contributed by atoms with van der Waals surface area (Å²) in [5, 5.41) is 0.495. The maximum atomic E-state index is 13.3. The van der Waals surface area contributed by atoms with Gasteiger partial charge in [0.1, 0.15) is 5.82 Å². The first-order chi connectivity index (χ1) is 8.99. The van der Waals surface area contributed by atoms with Crippen LogP contribution in [-0.4, -0.2) is 5.78 Å².